The molecule has 0 bridgehead atoms. The van der Waals surface area contributed by atoms with Gasteiger partial charge in [-0.1, -0.05) is 43.5 Å². The van der Waals surface area contributed by atoms with E-state index in [9.17, 15) is 22.7 Å². The Hall–Kier alpha value is -2.80. The number of aliphatic hydroxyl groups excluding tert-OH is 1. The molecule has 0 aliphatic heterocycles. The lowest BCUT2D eigenvalue weighted by Crippen LogP contribution is -2.15. The summed E-state index contributed by atoms with van der Waals surface area (Å²) in [5.74, 6) is -0.408. The van der Waals surface area contributed by atoms with Crippen molar-refractivity contribution >= 4 is 0 Å². The Labute approximate surface area is 207 Å². The summed E-state index contributed by atoms with van der Waals surface area (Å²) in [4.78, 5) is 4.96. The molecule has 2 nitrogen and oxygen atoms in total. The smallest absolute Gasteiger partial charge is 0.388 e. The number of aromatic nitrogens is 1. The summed E-state index contributed by atoms with van der Waals surface area (Å²) in [5, 5.41) is 11.1. The average Bonchev–Trinajstić information content (AvgIpc) is 3.33. The minimum Gasteiger partial charge on any atom is -0.388 e. The van der Waals surface area contributed by atoms with Crippen LogP contribution in [0.4, 0.5) is 22.0 Å². The number of nitrogens with zero attached hydrogens (tertiary/aromatic N) is 1. The molecule has 7 heteroatoms. The molecule has 1 fully saturated rings. The molecule has 0 amide bonds. The number of pyridine rings is 1. The zero-order chi connectivity index (χ0) is 25.4. The molecule has 1 heterocycles. The number of halogens is 5. The van der Waals surface area contributed by atoms with Crippen LogP contribution in [-0.4, -0.2) is 10.1 Å². The lowest BCUT2D eigenvalue weighted by atomic mass is 9.82. The molecular weight excluding hydrogens is 473 g/mol. The van der Waals surface area contributed by atoms with Gasteiger partial charge in [-0.05, 0) is 73.1 Å². The molecule has 0 saturated heterocycles. The average molecular weight is 502 g/mol. The van der Waals surface area contributed by atoms with E-state index in [2.05, 4.69) is 0 Å². The van der Waals surface area contributed by atoms with Crippen molar-refractivity contribution in [2.45, 2.75) is 75.7 Å². The number of aliphatic hydroxyl groups is 1. The highest BCUT2D eigenvalue weighted by molar-refractivity contribution is 5.75. The van der Waals surface area contributed by atoms with Gasteiger partial charge in [-0.15, -0.1) is 0 Å². The van der Waals surface area contributed by atoms with E-state index in [1.807, 2.05) is 0 Å². The van der Waals surface area contributed by atoms with Crippen LogP contribution in [0.3, 0.4) is 0 Å². The molecule has 0 spiro atoms. The molecule has 0 radical (unpaired) electrons. The molecule has 3 aromatic rings. The van der Waals surface area contributed by atoms with Gasteiger partial charge in [0.15, 0.2) is 6.17 Å². The van der Waals surface area contributed by atoms with Crippen LogP contribution < -0.4 is 0 Å². The van der Waals surface area contributed by atoms with Gasteiger partial charge in [-0.3, -0.25) is 4.98 Å². The third kappa shape index (κ3) is 4.77. The molecule has 1 N–H and O–H groups in total. The molecule has 2 unspecified atom stereocenters. The summed E-state index contributed by atoms with van der Waals surface area (Å²) in [6.07, 6.45) is -0.637. The van der Waals surface area contributed by atoms with Gasteiger partial charge in [0.1, 0.15) is 5.82 Å². The van der Waals surface area contributed by atoms with Crippen molar-refractivity contribution < 1.29 is 27.1 Å². The number of rotatable bonds is 4. The van der Waals surface area contributed by atoms with E-state index in [0.29, 0.717) is 35.2 Å². The zero-order valence-corrected chi connectivity index (χ0v) is 19.8. The second-order valence-electron chi connectivity index (χ2n) is 9.88. The Morgan fingerprint density at radius 3 is 2.14 bits per heavy atom. The first-order chi connectivity index (χ1) is 17.2. The minimum absolute atomic E-state index is 0.0255. The number of benzene rings is 2. The number of alkyl halides is 4. The fraction of sp³-hybridized carbons (Fsp3) is 0.414. The maximum absolute atomic E-state index is 16.6. The molecule has 2 atom stereocenters. The van der Waals surface area contributed by atoms with Gasteiger partial charge in [-0.2, -0.15) is 13.2 Å². The van der Waals surface area contributed by atoms with Gasteiger partial charge in [-0.25, -0.2) is 8.78 Å². The fourth-order valence-electron chi connectivity index (χ4n) is 5.71. The van der Waals surface area contributed by atoms with Crippen LogP contribution in [0, 0.1) is 5.82 Å². The third-order valence-electron chi connectivity index (χ3n) is 7.51. The van der Waals surface area contributed by atoms with Gasteiger partial charge in [0.2, 0.25) is 0 Å². The van der Waals surface area contributed by atoms with Crippen LogP contribution in [0.2, 0.25) is 0 Å². The summed E-state index contributed by atoms with van der Waals surface area (Å²) in [7, 11) is 0. The van der Waals surface area contributed by atoms with E-state index in [0.717, 1.165) is 56.4 Å². The van der Waals surface area contributed by atoms with Crippen molar-refractivity contribution in [3.63, 3.8) is 0 Å². The van der Waals surface area contributed by atoms with Crippen LogP contribution in [0.1, 0.15) is 96.8 Å². The summed E-state index contributed by atoms with van der Waals surface area (Å²) >= 11 is 0. The summed E-state index contributed by atoms with van der Waals surface area (Å²) in [6.45, 7) is 0. The molecule has 1 aromatic heterocycles. The maximum Gasteiger partial charge on any atom is 0.416 e. The Morgan fingerprint density at radius 2 is 1.50 bits per heavy atom. The van der Waals surface area contributed by atoms with E-state index >= 15 is 4.39 Å². The van der Waals surface area contributed by atoms with E-state index < -0.39 is 29.8 Å². The van der Waals surface area contributed by atoms with E-state index in [1.165, 1.54) is 24.3 Å². The second-order valence-corrected chi connectivity index (χ2v) is 9.88. The number of fused-ring (bicyclic) bond motifs is 1. The van der Waals surface area contributed by atoms with E-state index in [4.69, 9.17) is 4.98 Å². The molecule has 2 aliphatic carbocycles. The standard InChI is InChI=1S/C29H28F5NO/c30-21-15-11-17(12-16-21)24-25-22(7-3-4-8-23(25)36)35-28(19-5-1-2-6-19)26(24)27(31)18-9-13-20(14-10-18)29(32,33)34/h9-16,19,23,27,36H,1-8H2. The Bertz CT molecular complexity index is 1210. The zero-order valence-electron chi connectivity index (χ0n) is 19.8. The van der Waals surface area contributed by atoms with Crippen LogP contribution >= 0.6 is 0 Å². The molecular formula is C29H28F5NO. The van der Waals surface area contributed by atoms with Crippen molar-refractivity contribution in [3.8, 4) is 11.1 Å². The van der Waals surface area contributed by atoms with Gasteiger partial charge < -0.3 is 5.11 Å². The highest BCUT2D eigenvalue weighted by Crippen LogP contribution is 2.48. The normalized spacial score (nSPS) is 19.7. The van der Waals surface area contributed by atoms with Gasteiger partial charge in [0.25, 0.3) is 0 Å². The maximum atomic E-state index is 16.6. The quantitative estimate of drug-likeness (QED) is 0.288. The first-order valence-electron chi connectivity index (χ1n) is 12.6. The monoisotopic (exact) mass is 501 g/mol. The van der Waals surface area contributed by atoms with Crippen LogP contribution in [0.15, 0.2) is 48.5 Å². The SMILES string of the molecule is OC1CCCCc2nc(C3CCCC3)c(C(F)c3ccc(C(F)(F)F)cc3)c(-c3ccc(F)cc3)c21. The molecule has 2 aromatic carbocycles. The van der Waals surface area contributed by atoms with Crippen molar-refractivity contribution in [2.75, 3.05) is 0 Å². The Balaban J connectivity index is 1.76. The largest absolute Gasteiger partial charge is 0.416 e. The Morgan fingerprint density at radius 1 is 0.861 bits per heavy atom. The first kappa shape index (κ1) is 24.9. The summed E-state index contributed by atoms with van der Waals surface area (Å²) in [6, 6.07) is 9.87. The lowest BCUT2D eigenvalue weighted by molar-refractivity contribution is -0.137. The van der Waals surface area contributed by atoms with Crippen LogP contribution in [0.5, 0.6) is 0 Å². The molecule has 5 rings (SSSR count). The highest BCUT2D eigenvalue weighted by atomic mass is 19.4. The molecule has 1 saturated carbocycles. The number of hydrogen-bond acceptors (Lipinski definition) is 2. The fourth-order valence-corrected chi connectivity index (χ4v) is 5.71. The Kier molecular flexibility index (Phi) is 6.86. The van der Waals surface area contributed by atoms with Crippen molar-refractivity contribution in [1.82, 2.24) is 4.98 Å². The topological polar surface area (TPSA) is 33.1 Å². The van der Waals surface area contributed by atoms with Crippen LogP contribution in [-0.2, 0) is 12.6 Å². The predicted molar refractivity (Wildman–Crippen MR) is 128 cm³/mol. The van der Waals surface area contributed by atoms with Gasteiger partial charge >= 0.3 is 6.18 Å². The van der Waals surface area contributed by atoms with E-state index in [-0.39, 0.29) is 17.0 Å². The summed E-state index contributed by atoms with van der Waals surface area (Å²) in [5.41, 5.74) is 2.53. The predicted octanol–water partition coefficient (Wildman–Crippen LogP) is 8.38. The number of aryl methyl sites for hydroxylation is 1. The van der Waals surface area contributed by atoms with Gasteiger partial charge in [0.05, 0.1) is 17.4 Å². The van der Waals surface area contributed by atoms with Crippen LogP contribution in [0.25, 0.3) is 11.1 Å². The van der Waals surface area contributed by atoms with Crippen molar-refractivity contribution in [2.24, 2.45) is 0 Å². The second kappa shape index (κ2) is 9.92. The third-order valence-corrected chi connectivity index (χ3v) is 7.51. The molecule has 2 aliphatic rings. The summed E-state index contributed by atoms with van der Waals surface area (Å²) < 4.78 is 69.8. The minimum atomic E-state index is -4.52. The molecule has 190 valence electrons. The number of hydrogen-bond donors (Lipinski definition) is 1. The van der Waals surface area contributed by atoms with Crippen molar-refractivity contribution in [1.29, 1.82) is 0 Å². The van der Waals surface area contributed by atoms with Crippen molar-refractivity contribution in [3.05, 3.63) is 88.0 Å². The first-order valence-corrected chi connectivity index (χ1v) is 12.6. The highest BCUT2D eigenvalue weighted by Gasteiger charge is 2.35. The van der Waals surface area contributed by atoms with Gasteiger partial charge in [0, 0.05) is 22.7 Å². The lowest BCUT2D eigenvalue weighted by Gasteiger charge is -2.27. The molecule has 36 heavy (non-hydrogen) atoms. The van der Waals surface area contributed by atoms with E-state index in [1.54, 1.807) is 12.1 Å².